The molecule has 0 aliphatic heterocycles. The molecule has 1 aromatic heterocycles. The summed E-state index contributed by atoms with van der Waals surface area (Å²) in [5.41, 5.74) is 13.6. The van der Waals surface area contributed by atoms with E-state index in [2.05, 4.69) is 10.0 Å². The van der Waals surface area contributed by atoms with E-state index in [-0.39, 0.29) is 11.5 Å². The first-order valence-corrected chi connectivity index (χ1v) is 12.3. The Bertz CT molecular complexity index is 1300. The van der Waals surface area contributed by atoms with Crippen LogP contribution in [0.3, 0.4) is 0 Å². The molecule has 0 spiro atoms. The lowest BCUT2D eigenvalue weighted by Crippen LogP contribution is -2.43. The van der Waals surface area contributed by atoms with Gasteiger partial charge in [-0.15, -0.1) is 0 Å². The Morgan fingerprint density at radius 2 is 1.70 bits per heavy atom. The van der Waals surface area contributed by atoms with Gasteiger partial charge in [0.1, 0.15) is 11.6 Å². The van der Waals surface area contributed by atoms with Gasteiger partial charge in [0, 0.05) is 32.1 Å². The molecule has 1 unspecified atom stereocenters. The highest BCUT2D eigenvalue weighted by Crippen LogP contribution is 2.31. The summed E-state index contributed by atoms with van der Waals surface area (Å²) < 4.78 is 33.8. The van der Waals surface area contributed by atoms with Gasteiger partial charge >= 0.3 is 10.2 Å². The number of amides is 1. The number of furan rings is 1. The second-order valence-corrected chi connectivity index (χ2v) is 10.6. The Balaban J connectivity index is 2.05. The summed E-state index contributed by atoms with van der Waals surface area (Å²) in [4.78, 5) is 24.8. The van der Waals surface area contributed by atoms with Crippen molar-refractivity contribution < 1.29 is 22.4 Å². The van der Waals surface area contributed by atoms with Crippen molar-refractivity contribution >= 4 is 61.1 Å². The Kier molecular flexibility index (Phi) is 7.43. The van der Waals surface area contributed by atoms with Gasteiger partial charge < -0.3 is 21.2 Å². The largest absolute Gasteiger partial charge is 0.452 e. The number of anilines is 1. The fourth-order valence-electron chi connectivity index (χ4n) is 3.02. The van der Waals surface area contributed by atoms with Crippen molar-refractivity contribution in [1.29, 1.82) is 0 Å². The quantitative estimate of drug-likeness (QED) is 0.178. The zero-order chi connectivity index (χ0) is 24.5. The zero-order valence-corrected chi connectivity index (χ0v) is 21.1. The zero-order valence-electron chi connectivity index (χ0n) is 18.1. The molecule has 0 aliphatic carbocycles. The van der Waals surface area contributed by atoms with Crippen LogP contribution in [-0.4, -0.2) is 38.5 Å². The van der Waals surface area contributed by atoms with Crippen LogP contribution in [-0.2, 0) is 15.0 Å². The van der Waals surface area contributed by atoms with Gasteiger partial charge in [0.15, 0.2) is 11.5 Å². The molecular formula is C21H24IN5O5S. The van der Waals surface area contributed by atoms with Gasteiger partial charge in [-0.25, -0.2) is 4.72 Å². The van der Waals surface area contributed by atoms with Crippen molar-refractivity contribution in [3.63, 3.8) is 0 Å². The molecule has 1 amide bonds. The van der Waals surface area contributed by atoms with Crippen molar-refractivity contribution in [1.82, 2.24) is 9.03 Å². The van der Waals surface area contributed by atoms with Gasteiger partial charge in [-0.2, -0.15) is 12.7 Å². The van der Waals surface area contributed by atoms with E-state index in [1.54, 1.807) is 42.5 Å². The number of nitrogens with two attached hydrogens (primary N) is 2. The van der Waals surface area contributed by atoms with E-state index in [4.69, 9.17) is 15.9 Å². The summed E-state index contributed by atoms with van der Waals surface area (Å²) in [5, 5.41) is 3.68. The highest BCUT2D eigenvalue weighted by atomic mass is 127. The minimum atomic E-state index is -4.02. The van der Waals surface area contributed by atoms with Crippen molar-refractivity contribution in [2.24, 2.45) is 11.5 Å². The van der Waals surface area contributed by atoms with E-state index in [9.17, 15) is 18.0 Å². The number of hydrogen-bond donors (Lipinski definition) is 4. The van der Waals surface area contributed by atoms with Gasteiger partial charge in [-0.3, -0.25) is 9.59 Å². The first kappa shape index (κ1) is 25.1. The van der Waals surface area contributed by atoms with Gasteiger partial charge in [0.05, 0.1) is 9.74 Å². The standard InChI is InChI=1S/C21H24IN5O5S/c1-11(28)17-10-14-8-13(9-16(22)19(14)32-17)18(21(29)26-33(30,31)27(2)3)25-15-6-4-12(5-7-15)20(23)24/h4-10,18,20,25H,23-24H2,1-3H3,(H,26,29). The van der Waals surface area contributed by atoms with Gasteiger partial charge in [-0.1, -0.05) is 12.1 Å². The molecule has 2 aromatic carbocycles. The number of fused-ring (bicyclic) bond motifs is 1. The van der Waals surface area contributed by atoms with Crippen LogP contribution in [0, 0.1) is 3.57 Å². The maximum Gasteiger partial charge on any atom is 0.303 e. The van der Waals surface area contributed by atoms with Crippen LogP contribution in [0.25, 0.3) is 11.0 Å². The van der Waals surface area contributed by atoms with Crippen LogP contribution in [0.2, 0.25) is 0 Å². The molecule has 176 valence electrons. The number of halogens is 1. The second kappa shape index (κ2) is 9.77. The Hall–Kier alpha value is -2.52. The summed E-state index contributed by atoms with van der Waals surface area (Å²) in [6.45, 7) is 1.40. The predicted molar refractivity (Wildman–Crippen MR) is 134 cm³/mol. The summed E-state index contributed by atoms with van der Waals surface area (Å²) in [5.74, 6) is -0.821. The lowest BCUT2D eigenvalue weighted by Gasteiger charge is -2.22. The second-order valence-electron chi connectivity index (χ2n) is 7.57. The molecule has 3 rings (SSSR count). The molecule has 1 heterocycles. The summed E-state index contributed by atoms with van der Waals surface area (Å²) in [7, 11) is -1.39. The molecule has 0 aliphatic rings. The summed E-state index contributed by atoms with van der Waals surface area (Å²) in [6, 6.07) is 10.7. The molecular weight excluding hydrogens is 561 g/mol. The fourth-order valence-corrected chi connectivity index (χ4v) is 4.35. The first-order chi connectivity index (χ1) is 15.4. The molecule has 0 fully saturated rings. The average Bonchev–Trinajstić information content (AvgIpc) is 3.17. The van der Waals surface area contributed by atoms with Gasteiger partial charge in [0.2, 0.25) is 0 Å². The highest BCUT2D eigenvalue weighted by Gasteiger charge is 2.27. The number of nitrogens with one attached hydrogen (secondary N) is 2. The van der Waals surface area contributed by atoms with Crippen molar-refractivity contribution in [2.45, 2.75) is 19.1 Å². The normalized spacial score (nSPS) is 12.8. The lowest BCUT2D eigenvalue weighted by atomic mass is 10.0. The number of carbonyl (C=O) groups excluding carboxylic acids is 2. The molecule has 33 heavy (non-hydrogen) atoms. The smallest absolute Gasteiger partial charge is 0.303 e. The van der Waals surface area contributed by atoms with Crippen LogP contribution < -0.4 is 21.5 Å². The lowest BCUT2D eigenvalue weighted by molar-refractivity contribution is -0.120. The van der Waals surface area contributed by atoms with Crippen LogP contribution in [0.1, 0.15) is 40.8 Å². The van der Waals surface area contributed by atoms with Gasteiger partial charge in [-0.05, 0) is 64.0 Å². The average molecular weight is 585 g/mol. The topological polar surface area (TPSA) is 161 Å². The van der Waals surface area contributed by atoms with Crippen LogP contribution in [0.5, 0.6) is 0 Å². The van der Waals surface area contributed by atoms with E-state index < -0.39 is 28.3 Å². The molecule has 0 bridgehead atoms. The van der Waals surface area contributed by atoms with E-state index >= 15 is 0 Å². The van der Waals surface area contributed by atoms with Crippen LogP contribution in [0.15, 0.2) is 46.9 Å². The van der Waals surface area contributed by atoms with E-state index in [0.717, 1.165) is 4.31 Å². The minimum absolute atomic E-state index is 0.193. The third kappa shape index (κ3) is 5.70. The Morgan fingerprint density at radius 3 is 2.24 bits per heavy atom. The minimum Gasteiger partial charge on any atom is -0.452 e. The van der Waals surface area contributed by atoms with Crippen molar-refractivity contribution in [2.75, 3.05) is 19.4 Å². The summed E-state index contributed by atoms with van der Waals surface area (Å²) in [6.07, 6.45) is -0.649. The fraction of sp³-hybridized carbons (Fsp3) is 0.238. The molecule has 0 saturated heterocycles. The number of ketones is 1. The monoisotopic (exact) mass is 585 g/mol. The number of rotatable bonds is 8. The molecule has 1 atom stereocenters. The number of benzene rings is 2. The Labute approximate surface area is 205 Å². The van der Waals surface area contributed by atoms with Crippen molar-refractivity contribution in [3.05, 3.63) is 62.9 Å². The highest BCUT2D eigenvalue weighted by molar-refractivity contribution is 14.1. The Morgan fingerprint density at radius 1 is 1.06 bits per heavy atom. The van der Waals surface area contributed by atoms with Gasteiger partial charge in [0.25, 0.3) is 5.91 Å². The number of Topliss-reactive ketones (excluding diaryl/α,β-unsaturated/α-hetero) is 1. The van der Waals surface area contributed by atoms with Crippen LogP contribution in [0.4, 0.5) is 5.69 Å². The molecule has 0 radical (unpaired) electrons. The number of nitrogens with zero attached hydrogens (tertiary/aromatic N) is 1. The molecule has 3 aromatic rings. The van der Waals surface area contributed by atoms with E-state index in [0.29, 0.717) is 31.4 Å². The number of carbonyl (C=O) groups is 2. The molecule has 6 N–H and O–H groups in total. The summed E-state index contributed by atoms with van der Waals surface area (Å²) >= 11 is 2.04. The predicted octanol–water partition coefficient (Wildman–Crippen LogP) is 2.23. The van der Waals surface area contributed by atoms with E-state index in [1.165, 1.54) is 21.0 Å². The molecule has 12 heteroatoms. The molecule has 10 nitrogen and oxygen atoms in total. The van der Waals surface area contributed by atoms with Crippen molar-refractivity contribution in [3.8, 4) is 0 Å². The third-order valence-corrected chi connectivity index (χ3v) is 7.07. The first-order valence-electron chi connectivity index (χ1n) is 9.74. The van der Waals surface area contributed by atoms with E-state index in [1.807, 2.05) is 22.6 Å². The van der Waals surface area contributed by atoms with Crippen LogP contribution >= 0.6 is 22.6 Å². The maximum atomic E-state index is 13.1. The SMILES string of the molecule is CC(=O)c1cc2cc(C(Nc3ccc(C(N)N)cc3)C(=O)NS(=O)(=O)N(C)C)cc(I)c2o1. The molecule has 0 saturated carbocycles. The maximum absolute atomic E-state index is 13.1. The number of hydrogen-bond acceptors (Lipinski definition) is 8. The third-order valence-electron chi connectivity index (χ3n) is 4.85.